The standard InChI is InChI=1S/C36H70NO8P/c1-6-8-10-12-14-15-16-17-18-19-20-21-23-25-27-29-36(39)45-34(33-44-46(40,41)43-31-30-37(3,4)5)32-42-35(38)28-26-24-22-13-11-9-7-2/h23,25,34H,6-22,24,26-33H2,1-5H3/p+1/b25-23+/t34-/m1/s1. The van der Waals surface area contributed by atoms with Crippen LogP contribution in [0.2, 0.25) is 0 Å². The average molecular weight is 677 g/mol. The zero-order valence-corrected chi connectivity index (χ0v) is 31.2. The van der Waals surface area contributed by atoms with Crippen molar-refractivity contribution in [1.29, 1.82) is 0 Å². The fourth-order valence-corrected chi connectivity index (χ4v) is 5.59. The van der Waals surface area contributed by atoms with Crippen molar-refractivity contribution in [3.63, 3.8) is 0 Å². The predicted molar refractivity (Wildman–Crippen MR) is 188 cm³/mol. The van der Waals surface area contributed by atoms with Crippen molar-refractivity contribution in [2.75, 3.05) is 47.5 Å². The lowest BCUT2D eigenvalue weighted by Gasteiger charge is -2.24. The number of hydrogen-bond acceptors (Lipinski definition) is 7. The Bertz CT molecular complexity index is 814. The maximum Gasteiger partial charge on any atom is 0.472 e. The summed E-state index contributed by atoms with van der Waals surface area (Å²) in [5.74, 6) is -0.860. The highest BCUT2D eigenvalue weighted by Gasteiger charge is 2.27. The van der Waals surface area contributed by atoms with Gasteiger partial charge < -0.3 is 18.9 Å². The van der Waals surface area contributed by atoms with Crippen LogP contribution in [0.3, 0.4) is 0 Å². The van der Waals surface area contributed by atoms with Gasteiger partial charge in [-0.25, -0.2) is 4.57 Å². The Morgan fingerprint density at radius 1 is 0.652 bits per heavy atom. The van der Waals surface area contributed by atoms with E-state index in [4.69, 9.17) is 18.5 Å². The molecule has 0 heterocycles. The second kappa shape index (κ2) is 29.9. The molecule has 0 amide bonds. The summed E-state index contributed by atoms with van der Waals surface area (Å²) in [7, 11) is 1.46. The zero-order valence-electron chi connectivity index (χ0n) is 30.3. The molecule has 0 spiro atoms. The molecule has 2 atom stereocenters. The van der Waals surface area contributed by atoms with E-state index in [2.05, 4.69) is 19.9 Å². The van der Waals surface area contributed by atoms with E-state index in [1.807, 2.05) is 27.2 Å². The molecule has 0 aliphatic rings. The van der Waals surface area contributed by atoms with Crippen LogP contribution in [0.15, 0.2) is 12.2 Å². The number of hydrogen-bond donors (Lipinski definition) is 1. The average Bonchev–Trinajstić information content (AvgIpc) is 2.99. The molecule has 0 bridgehead atoms. The van der Waals surface area contributed by atoms with E-state index in [0.29, 0.717) is 17.4 Å². The molecule has 272 valence electrons. The number of phosphoric ester groups is 1. The topological polar surface area (TPSA) is 108 Å². The highest BCUT2D eigenvalue weighted by atomic mass is 31.2. The molecule has 0 aromatic heterocycles. The summed E-state index contributed by atoms with van der Waals surface area (Å²) in [5.41, 5.74) is 0. The quantitative estimate of drug-likeness (QED) is 0.0241. The third-order valence-electron chi connectivity index (χ3n) is 7.81. The van der Waals surface area contributed by atoms with Crippen LogP contribution < -0.4 is 0 Å². The second-order valence-electron chi connectivity index (χ2n) is 13.6. The Morgan fingerprint density at radius 3 is 1.70 bits per heavy atom. The second-order valence-corrected chi connectivity index (χ2v) is 15.1. The number of quaternary nitrogens is 1. The van der Waals surface area contributed by atoms with Gasteiger partial charge in [0, 0.05) is 12.8 Å². The first-order chi connectivity index (χ1) is 22.0. The van der Waals surface area contributed by atoms with Crippen LogP contribution in [-0.4, -0.2) is 74.9 Å². The number of likely N-dealkylation sites (N-methyl/N-ethyl adjacent to an activating group) is 1. The molecule has 1 N–H and O–H groups in total. The van der Waals surface area contributed by atoms with Gasteiger partial charge in [0.15, 0.2) is 6.10 Å². The van der Waals surface area contributed by atoms with Crippen LogP contribution in [-0.2, 0) is 32.7 Å². The minimum Gasteiger partial charge on any atom is -0.462 e. The molecule has 0 rings (SSSR count). The Balaban J connectivity index is 4.44. The van der Waals surface area contributed by atoms with Crippen molar-refractivity contribution in [2.24, 2.45) is 0 Å². The van der Waals surface area contributed by atoms with Crippen LogP contribution >= 0.6 is 7.82 Å². The van der Waals surface area contributed by atoms with E-state index < -0.39 is 26.5 Å². The lowest BCUT2D eigenvalue weighted by Crippen LogP contribution is -2.37. The molecular formula is C36H71NO8P+. The smallest absolute Gasteiger partial charge is 0.462 e. The van der Waals surface area contributed by atoms with E-state index in [1.54, 1.807) is 0 Å². The monoisotopic (exact) mass is 676 g/mol. The zero-order chi connectivity index (χ0) is 34.4. The predicted octanol–water partition coefficient (Wildman–Crippen LogP) is 9.46. The molecule has 0 radical (unpaired) electrons. The highest BCUT2D eigenvalue weighted by molar-refractivity contribution is 7.47. The number of carbonyl (C=O) groups excluding carboxylic acids is 2. The van der Waals surface area contributed by atoms with Gasteiger partial charge in [0.25, 0.3) is 0 Å². The summed E-state index contributed by atoms with van der Waals surface area (Å²) < 4.78 is 33.9. The van der Waals surface area contributed by atoms with Gasteiger partial charge in [-0.05, 0) is 25.7 Å². The SMILES string of the molecule is CCCCCCCCCCCCC/C=C/CCC(=O)O[C@H](COC(=O)CCCCCCCCC)COP(=O)(O)OCC[N+](C)(C)C. The molecule has 0 aromatic carbocycles. The number of nitrogens with zero attached hydrogens (tertiary/aromatic N) is 1. The fraction of sp³-hybridized carbons (Fsp3) is 0.889. The summed E-state index contributed by atoms with van der Waals surface area (Å²) in [5, 5.41) is 0. The van der Waals surface area contributed by atoms with E-state index >= 15 is 0 Å². The molecule has 0 saturated heterocycles. The Kier molecular flexibility index (Phi) is 29.0. The highest BCUT2D eigenvalue weighted by Crippen LogP contribution is 2.43. The van der Waals surface area contributed by atoms with Crippen molar-refractivity contribution in [3.8, 4) is 0 Å². The van der Waals surface area contributed by atoms with E-state index in [9.17, 15) is 19.0 Å². The molecule has 9 nitrogen and oxygen atoms in total. The lowest BCUT2D eigenvalue weighted by atomic mass is 10.1. The van der Waals surface area contributed by atoms with E-state index in [-0.39, 0.29) is 32.0 Å². The van der Waals surface area contributed by atoms with Crippen molar-refractivity contribution in [1.82, 2.24) is 0 Å². The number of rotatable bonds is 33. The van der Waals surface area contributed by atoms with Crippen LogP contribution in [0.4, 0.5) is 0 Å². The van der Waals surface area contributed by atoms with Crippen LogP contribution in [0.25, 0.3) is 0 Å². The van der Waals surface area contributed by atoms with Crippen molar-refractivity contribution in [3.05, 3.63) is 12.2 Å². The largest absolute Gasteiger partial charge is 0.472 e. The Labute approximate surface area is 282 Å². The molecule has 0 aliphatic heterocycles. The van der Waals surface area contributed by atoms with Gasteiger partial charge >= 0.3 is 19.8 Å². The minimum absolute atomic E-state index is 0.0285. The maximum atomic E-state index is 12.5. The summed E-state index contributed by atoms with van der Waals surface area (Å²) in [6.07, 6.45) is 27.2. The lowest BCUT2D eigenvalue weighted by molar-refractivity contribution is -0.870. The maximum absolute atomic E-state index is 12.5. The molecule has 0 aliphatic carbocycles. The number of ether oxygens (including phenoxy) is 2. The normalized spacial score (nSPS) is 14.0. The molecule has 1 unspecified atom stereocenters. The van der Waals surface area contributed by atoms with Gasteiger partial charge in [-0.2, -0.15) is 0 Å². The number of unbranched alkanes of at least 4 members (excludes halogenated alkanes) is 17. The van der Waals surface area contributed by atoms with Crippen molar-refractivity contribution >= 4 is 19.8 Å². The van der Waals surface area contributed by atoms with E-state index in [1.165, 1.54) is 89.9 Å². The molecule has 46 heavy (non-hydrogen) atoms. The summed E-state index contributed by atoms with van der Waals surface area (Å²) >= 11 is 0. The summed E-state index contributed by atoms with van der Waals surface area (Å²) in [6, 6.07) is 0. The Hall–Kier alpha value is -1.25. The molecule has 0 saturated carbocycles. The van der Waals surface area contributed by atoms with Crippen LogP contribution in [0.5, 0.6) is 0 Å². The van der Waals surface area contributed by atoms with Crippen LogP contribution in [0, 0.1) is 0 Å². The van der Waals surface area contributed by atoms with Gasteiger partial charge in [-0.1, -0.05) is 129 Å². The number of esters is 2. The number of phosphoric acid groups is 1. The molecule has 0 aromatic rings. The third-order valence-corrected chi connectivity index (χ3v) is 8.79. The summed E-state index contributed by atoms with van der Waals surface area (Å²) in [6.45, 7) is 4.32. The first kappa shape index (κ1) is 44.8. The van der Waals surface area contributed by atoms with Crippen molar-refractivity contribution in [2.45, 2.75) is 161 Å². The number of allylic oxidation sites excluding steroid dienone is 2. The molecule has 0 fully saturated rings. The summed E-state index contributed by atoms with van der Waals surface area (Å²) in [4.78, 5) is 34.9. The van der Waals surface area contributed by atoms with Gasteiger partial charge in [0.1, 0.15) is 19.8 Å². The Morgan fingerprint density at radius 2 is 1.15 bits per heavy atom. The fourth-order valence-electron chi connectivity index (χ4n) is 4.85. The van der Waals surface area contributed by atoms with Gasteiger partial charge in [-0.15, -0.1) is 0 Å². The molecule has 10 heteroatoms. The third kappa shape index (κ3) is 32.7. The minimum atomic E-state index is -4.36. The van der Waals surface area contributed by atoms with Crippen molar-refractivity contribution < 1.29 is 42.1 Å². The molecular weight excluding hydrogens is 605 g/mol. The van der Waals surface area contributed by atoms with Gasteiger partial charge in [-0.3, -0.25) is 18.6 Å². The first-order valence-corrected chi connectivity index (χ1v) is 19.9. The van der Waals surface area contributed by atoms with Gasteiger partial charge in [0.05, 0.1) is 27.7 Å². The first-order valence-electron chi connectivity index (χ1n) is 18.4. The van der Waals surface area contributed by atoms with Crippen LogP contribution in [0.1, 0.15) is 155 Å². The van der Waals surface area contributed by atoms with Gasteiger partial charge in [0.2, 0.25) is 0 Å². The number of carbonyl (C=O) groups is 2. The van der Waals surface area contributed by atoms with E-state index in [0.717, 1.165) is 32.1 Å².